The molecule has 0 amide bonds. The van der Waals surface area contributed by atoms with Gasteiger partial charge in [0.05, 0.1) is 10.2 Å². The number of nitrogens with zero attached hydrogens (tertiary/aromatic N) is 3. The number of thiazole rings is 1. The highest BCUT2D eigenvalue weighted by Gasteiger charge is 2.15. The number of para-hydroxylation sites is 3. The Morgan fingerprint density at radius 1 is 0.442 bits per heavy atom. The van der Waals surface area contributed by atoms with Gasteiger partial charge in [0.15, 0.2) is 5.58 Å². The molecule has 0 bridgehead atoms. The van der Waals surface area contributed by atoms with E-state index in [-0.39, 0.29) is 0 Å². The van der Waals surface area contributed by atoms with Crippen LogP contribution in [-0.4, -0.2) is 9.97 Å². The predicted molar refractivity (Wildman–Crippen MR) is 178 cm³/mol. The van der Waals surface area contributed by atoms with Gasteiger partial charge in [-0.2, -0.15) is 0 Å². The van der Waals surface area contributed by atoms with Gasteiger partial charge in [-0.1, -0.05) is 66.7 Å². The molecule has 2 aromatic heterocycles. The normalized spacial score (nSPS) is 11.3. The maximum atomic E-state index is 6.03. The van der Waals surface area contributed by atoms with Gasteiger partial charge in [-0.15, -0.1) is 11.3 Å². The van der Waals surface area contributed by atoms with E-state index in [1.165, 1.54) is 15.8 Å². The first kappa shape index (κ1) is 25.2. The summed E-state index contributed by atoms with van der Waals surface area (Å²) < 4.78 is 7.22. The number of benzene rings is 6. The van der Waals surface area contributed by atoms with Crippen molar-refractivity contribution in [1.29, 1.82) is 0 Å². The summed E-state index contributed by atoms with van der Waals surface area (Å²) in [5.41, 5.74) is 10.3. The van der Waals surface area contributed by atoms with E-state index in [4.69, 9.17) is 9.40 Å². The van der Waals surface area contributed by atoms with Crippen molar-refractivity contribution in [2.75, 3.05) is 4.90 Å². The van der Waals surface area contributed by atoms with Crippen LogP contribution in [0.5, 0.6) is 0 Å². The van der Waals surface area contributed by atoms with Gasteiger partial charge >= 0.3 is 0 Å². The highest BCUT2D eigenvalue weighted by Crippen LogP contribution is 2.38. The second-order valence-electron chi connectivity index (χ2n) is 10.3. The first-order valence-corrected chi connectivity index (χ1v) is 15.0. The molecule has 204 valence electrons. The van der Waals surface area contributed by atoms with Crippen LogP contribution in [0.25, 0.3) is 54.5 Å². The van der Waals surface area contributed by atoms with E-state index < -0.39 is 0 Å². The van der Waals surface area contributed by atoms with E-state index >= 15 is 0 Å². The van der Waals surface area contributed by atoms with Crippen LogP contribution < -0.4 is 4.90 Å². The Kier molecular flexibility index (Phi) is 6.28. The van der Waals surface area contributed by atoms with E-state index in [2.05, 4.69) is 125 Å². The summed E-state index contributed by atoms with van der Waals surface area (Å²) in [6.45, 7) is 0. The molecule has 8 aromatic rings. The third-order valence-corrected chi connectivity index (χ3v) is 8.65. The number of aromatic nitrogens is 2. The summed E-state index contributed by atoms with van der Waals surface area (Å²) in [6, 6.07) is 52.3. The van der Waals surface area contributed by atoms with Gasteiger partial charge < -0.3 is 9.32 Å². The number of rotatable bonds is 6. The fourth-order valence-electron chi connectivity index (χ4n) is 5.38. The Hall–Kier alpha value is -5.52. The molecule has 0 aliphatic rings. The minimum Gasteiger partial charge on any atom is -0.436 e. The lowest BCUT2D eigenvalue weighted by Crippen LogP contribution is -2.09. The van der Waals surface area contributed by atoms with E-state index in [0.717, 1.165) is 49.8 Å². The first-order chi connectivity index (χ1) is 21.3. The van der Waals surface area contributed by atoms with E-state index in [0.29, 0.717) is 5.89 Å². The van der Waals surface area contributed by atoms with Gasteiger partial charge in [0.25, 0.3) is 0 Å². The van der Waals surface area contributed by atoms with Crippen LogP contribution in [0, 0.1) is 0 Å². The Bertz CT molecular complexity index is 1980. The highest BCUT2D eigenvalue weighted by atomic mass is 32.1. The molecule has 0 spiro atoms. The van der Waals surface area contributed by atoms with Crippen LogP contribution in [0.1, 0.15) is 0 Å². The highest BCUT2D eigenvalue weighted by molar-refractivity contribution is 7.21. The van der Waals surface area contributed by atoms with Crippen LogP contribution >= 0.6 is 11.3 Å². The number of fused-ring (bicyclic) bond motifs is 2. The zero-order chi connectivity index (χ0) is 28.6. The fraction of sp³-hybridized carbons (Fsp3) is 0. The Morgan fingerprint density at radius 3 is 1.63 bits per heavy atom. The summed E-state index contributed by atoms with van der Waals surface area (Å²) in [7, 11) is 0. The molecule has 0 saturated carbocycles. The van der Waals surface area contributed by atoms with Crippen molar-refractivity contribution in [3.63, 3.8) is 0 Å². The molecule has 0 aliphatic heterocycles. The van der Waals surface area contributed by atoms with Gasteiger partial charge in [0.1, 0.15) is 10.5 Å². The van der Waals surface area contributed by atoms with Crippen LogP contribution in [-0.2, 0) is 0 Å². The minimum atomic E-state index is 0.617. The molecule has 6 aromatic carbocycles. The maximum absolute atomic E-state index is 6.03. The minimum absolute atomic E-state index is 0.617. The molecular formula is C38H25N3OS. The van der Waals surface area contributed by atoms with Gasteiger partial charge in [-0.05, 0) is 96.1 Å². The van der Waals surface area contributed by atoms with Crippen molar-refractivity contribution >= 4 is 49.7 Å². The molecule has 0 fully saturated rings. The number of hydrogen-bond acceptors (Lipinski definition) is 5. The third kappa shape index (κ3) is 4.86. The molecule has 4 nitrogen and oxygen atoms in total. The lowest BCUT2D eigenvalue weighted by atomic mass is 10.0. The Balaban J connectivity index is 1.17. The molecule has 43 heavy (non-hydrogen) atoms. The SMILES string of the molecule is c1ccc(-c2ccc(N(c3ccc(-c4nc5ccccc5o4)cc3)c3ccc(-c4nc5ccccc5s4)cc3)cc2)cc1. The van der Waals surface area contributed by atoms with E-state index in [1.807, 2.05) is 36.4 Å². The zero-order valence-electron chi connectivity index (χ0n) is 23.1. The van der Waals surface area contributed by atoms with Crippen molar-refractivity contribution in [3.05, 3.63) is 152 Å². The maximum Gasteiger partial charge on any atom is 0.227 e. The molecule has 0 atom stereocenters. The summed E-state index contributed by atoms with van der Waals surface area (Å²) in [5.74, 6) is 0.617. The van der Waals surface area contributed by atoms with Crippen LogP contribution in [0.4, 0.5) is 17.1 Å². The summed E-state index contributed by atoms with van der Waals surface area (Å²) in [6.07, 6.45) is 0. The van der Waals surface area contributed by atoms with Crippen molar-refractivity contribution in [3.8, 4) is 33.2 Å². The molecular weight excluding hydrogens is 547 g/mol. The molecule has 0 saturated heterocycles. The van der Waals surface area contributed by atoms with Crippen LogP contribution in [0.15, 0.2) is 156 Å². The van der Waals surface area contributed by atoms with E-state index in [1.54, 1.807) is 11.3 Å². The molecule has 8 rings (SSSR count). The fourth-order valence-corrected chi connectivity index (χ4v) is 6.35. The van der Waals surface area contributed by atoms with Crippen molar-refractivity contribution in [2.45, 2.75) is 0 Å². The van der Waals surface area contributed by atoms with Crippen LogP contribution in [0.2, 0.25) is 0 Å². The van der Waals surface area contributed by atoms with Gasteiger partial charge in [-0.3, -0.25) is 0 Å². The second-order valence-corrected chi connectivity index (χ2v) is 11.3. The lowest BCUT2D eigenvalue weighted by molar-refractivity contribution is 0.620. The molecule has 5 heteroatoms. The van der Waals surface area contributed by atoms with Crippen LogP contribution in [0.3, 0.4) is 0 Å². The van der Waals surface area contributed by atoms with E-state index in [9.17, 15) is 0 Å². The lowest BCUT2D eigenvalue weighted by Gasteiger charge is -2.26. The topological polar surface area (TPSA) is 42.2 Å². The Labute approximate surface area is 253 Å². The largest absolute Gasteiger partial charge is 0.436 e. The van der Waals surface area contributed by atoms with Gasteiger partial charge in [-0.25, -0.2) is 9.97 Å². The monoisotopic (exact) mass is 571 g/mol. The predicted octanol–water partition coefficient (Wildman–Crippen LogP) is 10.9. The average molecular weight is 572 g/mol. The molecule has 0 radical (unpaired) electrons. The molecule has 0 unspecified atom stereocenters. The zero-order valence-corrected chi connectivity index (χ0v) is 23.9. The molecule has 0 N–H and O–H groups in total. The van der Waals surface area contributed by atoms with Crippen molar-refractivity contribution in [2.24, 2.45) is 0 Å². The standard InChI is InChI=1S/C38H25N3OS/c1-2-8-26(9-3-1)27-14-20-30(21-15-27)41(31-22-16-28(17-23-31)37-39-33-10-4-6-12-35(33)42-37)32-24-18-29(19-25-32)38-40-34-11-5-7-13-36(34)43-38/h1-25H. The molecule has 0 aliphatic carbocycles. The number of hydrogen-bond donors (Lipinski definition) is 0. The summed E-state index contributed by atoms with van der Waals surface area (Å²) in [5, 5.41) is 1.02. The summed E-state index contributed by atoms with van der Waals surface area (Å²) >= 11 is 1.72. The second kappa shape index (κ2) is 10.7. The number of anilines is 3. The van der Waals surface area contributed by atoms with Gasteiger partial charge in [0.2, 0.25) is 5.89 Å². The first-order valence-electron chi connectivity index (χ1n) is 14.2. The molecule has 2 heterocycles. The van der Waals surface area contributed by atoms with Gasteiger partial charge in [0, 0.05) is 28.2 Å². The quantitative estimate of drug-likeness (QED) is 0.199. The van der Waals surface area contributed by atoms with Crippen molar-refractivity contribution < 1.29 is 4.42 Å². The average Bonchev–Trinajstić information content (AvgIpc) is 3.71. The van der Waals surface area contributed by atoms with Crippen molar-refractivity contribution in [1.82, 2.24) is 9.97 Å². The number of oxazole rings is 1. The Morgan fingerprint density at radius 2 is 0.977 bits per heavy atom. The smallest absolute Gasteiger partial charge is 0.227 e. The summed E-state index contributed by atoms with van der Waals surface area (Å²) in [4.78, 5) is 11.8. The third-order valence-electron chi connectivity index (χ3n) is 7.57.